The number of carboxylic acids is 1. The summed E-state index contributed by atoms with van der Waals surface area (Å²) in [5, 5.41) is 11.6. The lowest BCUT2D eigenvalue weighted by Gasteiger charge is -2.34. The van der Waals surface area contributed by atoms with Crippen LogP contribution < -0.4 is 5.11 Å². The van der Waals surface area contributed by atoms with E-state index < -0.39 is 18.1 Å². The second-order valence-electron chi connectivity index (χ2n) is 16.6. The average molecular weight is 766 g/mol. The molecule has 2 unspecified atom stereocenters. The van der Waals surface area contributed by atoms with Crippen LogP contribution in [-0.4, -0.2) is 75.5 Å². The van der Waals surface area contributed by atoms with Crippen LogP contribution in [0.5, 0.6) is 0 Å². The first-order valence-electron chi connectivity index (χ1n) is 22.7. The highest BCUT2D eigenvalue weighted by Crippen LogP contribution is 2.15. The third-order valence-corrected chi connectivity index (χ3v) is 10.4. The predicted molar refractivity (Wildman–Crippen MR) is 222 cm³/mol. The molecule has 0 aliphatic heterocycles. The van der Waals surface area contributed by atoms with Gasteiger partial charge in [-0.15, -0.1) is 0 Å². The molecular formula is C46H87NO7. The number of esters is 2. The van der Waals surface area contributed by atoms with Crippen LogP contribution in [0, 0.1) is 0 Å². The molecule has 0 amide bonds. The van der Waals surface area contributed by atoms with Crippen molar-refractivity contribution in [3.05, 3.63) is 12.2 Å². The van der Waals surface area contributed by atoms with E-state index in [1.54, 1.807) is 21.1 Å². The number of allylic oxidation sites excluding steroid dienone is 2. The molecule has 8 nitrogen and oxygen atoms in total. The number of hydrogen-bond donors (Lipinski definition) is 0. The zero-order chi connectivity index (χ0) is 40.0. The largest absolute Gasteiger partial charge is 0.544 e. The van der Waals surface area contributed by atoms with Gasteiger partial charge >= 0.3 is 11.9 Å². The highest BCUT2D eigenvalue weighted by molar-refractivity contribution is 5.70. The fraction of sp³-hybridized carbons (Fsp3) is 0.891. The summed E-state index contributed by atoms with van der Waals surface area (Å²) >= 11 is 0. The number of carboxylic acid groups (broad SMARTS) is 1. The van der Waals surface area contributed by atoms with Gasteiger partial charge in [-0.3, -0.25) is 9.59 Å². The van der Waals surface area contributed by atoms with Gasteiger partial charge in [0.05, 0.1) is 40.3 Å². The molecule has 2 atom stereocenters. The number of hydrogen-bond acceptors (Lipinski definition) is 7. The molecule has 0 bridgehead atoms. The molecule has 0 aromatic heterocycles. The van der Waals surface area contributed by atoms with Crippen LogP contribution in [0.3, 0.4) is 0 Å². The van der Waals surface area contributed by atoms with Crippen molar-refractivity contribution in [3.8, 4) is 0 Å². The lowest BCUT2D eigenvalue weighted by atomic mass is 10.0. The van der Waals surface area contributed by atoms with Crippen molar-refractivity contribution in [2.75, 3.05) is 41.0 Å². The minimum atomic E-state index is -1.12. The first kappa shape index (κ1) is 52.1. The van der Waals surface area contributed by atoms with Gasteiger partial charge in [-0.2, -0.15) is 0 Å². The molecular weight excluding hydrogens is 679 g/mol. The standard InChI is InChI=1S/C46H87NO7/c1-6-8-10-12-14-16-18-20-21-22-23-24-25-27-28-30-32-34-36-44(48)53-41-42(40-52-39-38-43(46(50)51)47(3,4)5)54-45(49)37-35-33-31-29-26-19-17-15-13-11-9-7-2/h23-24,42-43H,6-22,25-41H2,1-5H3/b24-23+. The van der Waals surface area contributed by atoms with Crippen LogP contribution in [0.1, 0.15) is 213 Å². The maximum Gasteiger partial charge on any atom is 0.306 e. The highest BCUT2D eigenvalue weighted by Gasteiger charge is 2.25. The van der Waals surface area contributed by atoms with Gasteiger partial charge < -0.3 is 28.6 Å². The summed E-state index contributed by atoms with van der Waals surface area (Å²) < 4.78 is 17.2. The quantitative estimate of drug-likeness (QED) is 0.0264. The number of nitrogens with zero attached hydrogens (tertiary/aromatic N) is 1. The Labute approximate surface area is 333 Å². The number of aliphatic carboxylic acids is 1. The minimum absolute atomic E-state index is 0.0437. The number of rotatable bonds is 41. The zero-order valence-electron chi connectivity index (χ0n) is 36.2. The van der Waals surface area contributed by atoms with E-state index >= 15 is 0 Å². The Balaban J connectivity index is 4.28. The minimum Gasteiger partial charge on any atom is -0.544 e. The van der Waals surface area contributed by atoms with Gasteiger partial charge in [0.15, 0.2) is 6.10 Å². The summed E-state index contributed by atoms with van der Waals surface area (Å²) in [4.78, 5) is 36.8. The Morgan fingerprint density at radius 1 is 0.537 bits per heavy atom. The molecule has 0 aliphatic carbocycles. The molecule has 8 heteroatoms. The summed E-state index contributed by atoms with van der Waals surface area (Å²) in [5.74, 6) is -1.73. The average Bonchev–Trinajstić information content (AvgIpc) is 3.12. The van der Waals surface area contributed by atoms with E-state index in [1.807, 2.05) is 0 Å². The topological polar surface area (TPSA) is 102 Å². The number of likely N-dealkylation sites (N-methyl/N-ethyl adjacent to an activating group) is 1. The fourth-order valence-corrected chi connectivity index (χ4v) is 6.83. The second kappa shape index (κ2) is 38.0. The summed E-state index contributed by atoms with van der Waals surface area (Å²) in [7, 11) is 5.41. The highest BCUT2D eigenvalue weighted by atomic mass is 16.6. The van der Waals surface area contributed by atoms with E-state index in [1.165, 1.54) is 135 Å². The van der Waals surface area contributed by atoms with Gasteiger partial charge in [0.1, 0.15) is 12.6 Å². The Hall–Kier alpha value is -1.93. The van der Waals surface area contributed by atoms with Gasteiger partial charge in [0.2, 0.25) is 0 Å². The van der Waals surface area contributed by atoms with Crippen LogP contribution in [-0.2, 0) is 28.6 Å². The SMILES string of the molecule is CCCCCCCCCCC/C=C/CCCCCCCC(=O)OCC(COCCC(C(=O)[O-])[N+](C)(C)C)OC(=O)CCCCCCCCCCCCCC. The van der Waals surface area contributed by atoms with E-state index in [-0.39, 0.29) is 42.7 Å². The lowest BCUT2D eigenvalue weighted by molar-refractivity contribution is -0.889. The normalized spacial score (nSPS) is 13.0. The van der Waals surface area contributed by atoms with E-state index in [0.29, 0.717) is 12.8 Å². The summed E-state index contributed by atoms with van der Waals surface area (Å²) in [6, 6.07) is -0.722. The first-order chi connectivity index (χ1) is 26.1. The summed E-state index contributed by atoms with van der Waals surface area (Å²) in [6.45, 7) is 4.67. The Morgan fingerprint density at radius 2 is 0.926 bits per heavy atom. The maximum absolute atomic E-state index is 12.7. The van der Waals surface area contributed by atoms with Crippen molar-refractivity contribution in [1.82, 2.24) is 0 Å². The number of quaternary nitrogens is 1. The smallest absolute Gasteiger partial charge is 0.306 e. The first-order valence-corrected chi connectivity index (χ1v) is 22.7. The van der Waals surface area contributed by atoms with Crippen molar-refractivity contribution in [1.29, 1.82) is 0 Å². The van der Waals surface area contributed by atoms with E-state index in [4.69, 9.17) is 14.2 Å². The van der Waals surface area contributed by atoms with Crippen molar-refractivity contribution >= 4 is 17.9 Å². The van der Waals surface area contributed by atoms with Crippen LogP contribution >= 0.6 is 0 Å². The molecule has 0 aromatic carbocycles. The summed E-state index contributed by atoms with van der Waals surface area (Å²) in [6.07, 6.45) is 39.4. The monoisotopic (exact) mass is 766 g/mol. The molecule has 0 aliphatic rings. The van der Waals surface area contributed by atoms with E-state index in [0.717, 1.165) is 44.9 Å². The van der Waals surface area contributed by atoms with Gasteiger partial charge in [-0.05, 0) is 38.5 Å². The van der Waals surface area contributed by atoms with Gasteiger partial charge in [0.25, 0.3) is 0 Å². The molecule has 0 spiro atoms. The van der Waals surface area contributed by atoms with Crippen molar-refractivity contribution in [2.45, 2.75) is 225 Å². The van der Waals surface area contributed by atoms with Crippen molar-refractivity contribution in [2.24, 2.45) is 0 Å². The molecule has 0 saturated carbocycles. The van der Waals surface area contributed by atoms with E-state index in [9.17, 15) is 19.5 Å². The maximum atomic E-state index is 12.7. The van der Waals surface area contributed by atoms with Crippen molar-refractivity contribution in [3.63, 3.8) is 0 Å². The van der Waals surface area contributed by atoms with Crippen LogP contribution in [0.4, 0.5) is 0 Å². The Kier molecular flexibility index (Phi) is 36.6. The number of ether oxygens (including phenoxy) is 3. The van der Waals surface area contributed by atoms with E-state index in [2.05, 4.69) is 26.0 Å². The Bertz CT molecular complexity index is 900. The number of carbonyl (C=O) groups excluding carboxylic acids is 3. The molecule has 0 heterocycles. The number of unbranched alkanes of at least 4 members (excludes halogenated alkanes) is 25. The molecule has 54 heavy (non-hydrogen) atoms. The molecule has 0 fully saturated rings. The van der Waals surface area contributed by atoms with Crippen LogP contribution in [0.15, 0.2) is 12.2 Å². The second-order valence-corrected chi connectivity index (χ2v) is 16.6. The van der Waals surface area contributed by atoms with Gasteiger partial charge in [-0.1, -0.05) is 167 Å². The third-order valence-electron chi connectivity index (χ3n) is 10.4. The van der Waals surface area contributed by atoms with Crippen molar-refractivity contribution < 1.29 is 38.2 Å². The predicted octanol–water partition coefficient (Wildman–Crippen LogP) is 11.0. The molecule has 318 valence electrons. The third kappa shape index (κ3) is 35.8. The number of carbonyl (C=O) groups is 3. The van der Waals surface area contributed by atoms with Crippen LogP contribution in [0.2, 0.25) is 0 Å². The fourth-order valence-electron chi connectivity index (χ4n) is 6.83. The van der Waals surface area contributed by atoms with Crippen LogP contribution in [0.25, 0.3) is 0 Å². The molecule has 0 radical (unpaired) electrons. The lowest BCUT2D eigenvalue weighted by Crippen LogP contribution is -2.55. The Morgan fingerprint density at radius 3 is 1.33 bits per heavy atom. The molecule has 0 rings (SSSR count). The molecule has 0 N–H and O–H groups in total. The zero-order valence-corrected chi connectivity index (χ0v) is 36.2. The molecule has 0 saturated heterocycles. The van der Waals surface area contributed by atoms with Gasteiger partial charge in [-0.25, -0.2) is 0 Å². The summed E-state index contributed by atoms with van der Waals surface area (Å²) in [5.41, 5.74) is 0. The van der Waals surface area contributed by atoms with Gasteiger partial charge in [0, 0.05) is 19.3 Å². The molecule has 0 aromatic rings.